The van der Waals surface area contributed by atoms with Crippen molar-refractivity contribution in [3.63, 3.8) is 0 Å². The van der Waals surface area contributed by atoms with Gasteiger partial charge in [-0.05, 0) is 32.3 Å². The van der Waals surface area contributed by atoms with Crippen molar-refractivity contribution in [2.45, 2.75) is 46.7 Å². The zero-order valence-corrected chi connectivity index (χ0v) is 13.0. The molecular formula is C15H27ClN2. The number of hydrogen-bond acceptors (Lipinski definition) is 2. The highest BCUT2D eigenvalue weighted by Gasteiger charge is 2.25. The molecule has 0 aromatic heterocycles. The molecule has 0 saturated heterocycles. The van der Waals surface area contributed by atoms with Crippen LogP contribution in [-0.4, -0.2) is 12.1 Å². The van der Waals surface area contributed by atoms with Crippen molar-refractivity contribution in [3.8, 4) is 0 Å². The van der Waals surface area contributed by atoms with Crippen LogP contribution in [0.4, 0.5) is 0 Å². The Morgan fingerprint density at radius 3 is 2.06 bits per heavy atom. The number of nitrogens with two attached hydrogens (primary N) is 1. The van der Waals surface area contributed by atoms with Gasteiger partial charge in [-0.2, -0.15) is 0 Å². The molecule has 2 nitrogen and oxygen atoms in total. The highest BCUT2D eigenvalue weighted by atomic mass is 35.5. The average molecular weight is 271 g/mol. The van der Waals surface area contributed by atoms with E-state index < -0.39 is 0 Å². The molecule has 0 radical (unpaired) electrons. The lowest BCUT2D eigenvalue weighted by molar-refractivity contribution is 0.267. The van der Waals surface area contributed by atoms with Crippen LogP contribution in [0.25, 0.3) is 0 Å². The maximum atomic E-state index is 5.87. The molecule has 1 unspecified atom stereocenters. The molecule has 0 aliphatic carbocycles. The zero-order chi connectivity index (χ0) is 13.1. The van der Waals surface area contributed by atoms with Crippen molar-refractivity contribution in [1.29, 1.82) is 0 Å². The second kappa shape index (κ2) is 7.13. The van der Waals surface area contributed by atoms with Crippen LogP contribution in [0.15, 0.2) is 18.2 Å². The zero-order valence-electron chi connectivity index (χ0n) is 12.2. The summed E-state index contributed by atoms with van der Waals surface area (Å²) in [6.07, 6.45) is 0. The molecule has 0 aliphatic rings. The van der Waals surface area contributed by atoms with Gasteiger partial charge in [-0.15, -0.1) is 12.4 Å². The van der Waals surface area contributed by atoms with Crippen molar-refractivity contribution < 1.29 is 0 Å². The van der Waals surface area contributed by atoms with E-state index in [4.69, 9.17) is 5.73 Å². The maximum Gasteiger partial charge on any atom is 0.0301 e. The second-order valence-corrected chi connectivity index (χ2v) is 5.63. The highest BCUT2D eigenvalue weighted by molar-refractivity contribution is 5.85. The summed E-state index contributed by atoms with van der Waals surface area (Å²) < 4.78 is 0. The molecule has 0 saturated carbocycles. The van der Waals surface area contributed by atoms with Gasteiger partial charge in [0.25, 0.3) is 0 Å². The van der Waals surface area contributed by atoms with Crippen molar-refractivity contribution in [1.82, 2.24) is 5.32 Å². The van der Waals surface area contributed by atoms with Crippen LogP contribution in [0.3, 0.4) is 0 Å². The molecule has 0 bridgehead atoms. The smallest absolute Gasteiger partial charge is 0.0301 e. The van der Waals surface area contributed by atoms with Crippen LogP contribution in [0, 0.1) is 19.8 Å². The van der Waals surface area contributed by atoms with Gasteiger partial charge < -0.3 is 11.1 Å². The molecule has 3 N–H and O–H groups in total. The first-order valence-corrected chi connectivity index (χ1v) is 6.39. The average Bonchev–Trinajstić information content (AvgIpc) is 2.24. The fourth-order valence-electron chi connectivity index (χ4n) is 1.99. The van der Waals surface area contributed by atoms with E-state index in [1.807, 2.05) is 0 Å². The van der Waals surface area contributed by atoms with Crippen molar-refractivity contribution in [3.05, 3.63) is 34.9 Å². The van der Waals surface area contributed by atoms with E-state index in [-0.39, 0.29) is 17.9 Å². The minimum absolute atomic E-state index is 0. The summed E-state index contributed by atoms with van der Waals surface area (Å²) in [5.41, 5.74) is 9.86. The summed E-state index contributed by atoms with van der Waals surface area (Å²) in [7, 11) is 0. The first-order chi connectivity index (χ1) is 7.87. The molecule has 104 valence electrons. The van der Waals surface area contributed by atoms with Gasteiger partial charge in [0.2, 0.25) is 0 Å². The van der Waals surface area contributed by atoms with Gasteiger partial charge in [-0.3, -0.25) is 0 Å². The van der Waals surface area contributed by atoms with Gasteiger partial charge >= 0.3 is 0 Å². The van der Waals surface area contributed by atoms with Crippen LogP contribution in [0.1, 0.15) is 37.5 Å². The molecular weight excluding hydrogens is 244 g/mol. The van der Waals surface area contributed by atoms with Gasteiger partial charge in [0.15, 0.2) is 0 Å². The Bertz CT molecular complexity index is 357. The summed E-state index contributed by atoms with van der Waals surface area (Å²) in [4.78, 5) is 0. The van der Waals surface area contributed by atoms with Crippen LogP contribution < -0.4 is 11.1 Å². The van der Waals surface area contributed by atoms with Gasteiger partial charge in [0, 0.05) is 18.6 Å². The topological polar surface area (TPSA) is 38.0 Å². The standard InChI is InChI=1S/C15H26N2.ClH/c1-11(2)15(5,10-16)17-9-14-7-12(3)6-13(4)8-14;/h6-8,11,17H,9-10,16H2,1-5H3;1H. The summed E-state index contributed by atoms with van der Waals surface area (Å²) >= 11 is 0. The first-order valence-electron chi connectivity index (χ1n) is 6.39. The fraction of sp³-hybridized carbons (Fsp3) is 0.600. The van der Waals surface area contributed by atoms with Crippen LogP contribution in [-0.2, 0) is 6.54 Å². The number of aryl methyl sites for hydroxylation is 2. The minimum Gasteiger partial charge on any atom is -0.329 e. The molecule has 0 aliphatic heterocycles. The minimum atomic E-state index is 0. The molecule has 0 amide bonds. The van der Waals surface area contributed by atoms with Crippen LogP contribution >= 0.6 is 12.4 Å². The lowest BCUT2D eigenvalue weighted by Gasteiger charge is -2.34. The molecule has 18 heavy (non-hydrogen) atoms. The number of nitrogens with one attached hydrogen (secondary N) is 1. The third-order valence-electron chi connectivity index (χ3n) is 3.68. The van der Waals surface area contributed by atoms with Gasteiger partial charge in [0.05, 0.1) is 0 Å². The Kier molecular flexibility index (Phi) is 6.90. The van der Waals surface area contributed by atoms with Gasteiger partial charge in [-0.25, -0.2) is 0 Å². The quantitative estimate of drug-likeness (QED) is 0.862. The van der Waals surface area contributed by atoms with E-state index in [9.17, 15) is 0 Å². The Labute approximate surface area is 118 Å². The SMILES string of the molecule is Cc1cc(C)cc(CNC(C)(CN)C(C)C)c1.Cl. The summed E-state index contributed by atoms with van der Waals surface area (Å²) in [5.74, 6) is 0.526. The van der Waals surface area contributed by atoms with E-state index in [1.165, 1.54) is 16.7 Å². The monoisotopic (exact) mass is 270 g/mol. The molecule has 0 fully saturated rings. The summed E-state index contributed by atoms with van der Waals surface area (Å²) in [5, 5.41) is 3.59. The van der Waals surface area contributed by atoms with Crippen molar-refractivity contribution >= 4 is 12.4 Å². The second-order valence-electron chi connectivity index (χ2n) is 5.63. The van der Waals surface area contributed by atoms with Gasteiger partial charge in [-0.1, -0.05) is 43.2 Å². The van der Waals surface area contributed by atoms with E-state index in [0.29, 0.717) is 12.5 Å². The molecule has 0 heterocycles. The van der Waals surface area contributed by atoms with Crippen LogP contribution in [0.2, 0.25) is 0 Å². The predicted octanol–water partition coefficient (Wildman–Crippen LogP) is 3.19. The van der Waals surface area contributed by atoms with E-state index in [0.717, 1.165) is 6.54 Å². The molecule has 1 rings (SSSR count). The third-order valence-corrected chi connectivity index (χ3v) is 3.68. The van der Waals surface area contributed by atoms with E-state index >= 15 is 0 Å². The summed E-state index contributed by atoms with van der Waals surface area (Å²) in [6.45, 7) is 12.4. The Morgan fingerprint density at radius 2 is 1.67 bits per heavy atom. The number of halogens is 1. The summed E-state index contributed by atoms with van der Waals surface area (Å²) in [6, 6.07) is 6.67. The fourth-order valence-corrected chi connectivity index (χ4v) is 1.99. The number of benzene rings is 1. The normalized spacial score (nSPS) is 14.2. The molecule has 1 aromatic rings. The number of rotatable bonds is 5. The maximum absolute atomic E-state index is 5.87. The lowest BCUT2D eigenvalue weighted by Crippen LogP contribution is -2.52. The lowest BCUT2D eigenvalue weighted by atomic mass is 9.88. The Morgan fingerprint density at radius 1 is 1.17 bits per heavy atom. The molecule has 1 atom stereocenters. The molecule has 3 heteroatoms. The van der Waals surface area contributed by atoms with Crippen molar-refractivity contribution in [2.24, 2.45) is 11.7 Å². The van der Waals surface area contributed by atoms with Crippen LogP contribution in [0.5, 0.6) is 0 Å². The Balaban J connectivity index is 0.00000289. The van der Waals surface area contributed by atoms with Gasteiger partial charge in [0.1, 0.15) is 0 Å². The van der Waals surface area contributed by atoms with E-state index in [2.05, 4.69) is 58.1 Å². The first kappa shape index (κ1) is 17.4. The predicted molar refractivity (Wildman–Crippen MR) is 82.3 cm³/mol. The highest BCUT2D eigenvalue weighted by Crippen LogP contribution is 2.16. The largest absolute Gasteiger partial charge is 0.329 e. The van der Waals surface area contributed by atoms with E-state index in [1.54, 1.807) is 0 Å². The number of hydrogen-bond donors (Lipinski definition) is 2. The Hall–Kier alpha value is -0.570. The molecule has 0 spiro atoms. The molecule has 1 aromatic carbocycles. The third kappa shape index (κ3) is 4.60. The van der Waals surface area contributed by atoms with Crippen molar-refractivity contribution in [2.75, 3.05) is 6.54 Å².